The van der Waals surface area contributed by atoms with Crippen molar-refractivity contribution in [1.82, 2.24) is 9.55 Å². The summed E-state index contributed by atoms with van der Waals surface area (Å²) in [7, 11) is 0. The van der Waals surface area contributed by atoms with Crippen molar-refractivity contribution in [3.63, 3.8) is 0 Å². The van der Waals surface area contributed by atoms with Crippen LogP contribution < -0.4 is 0 Å². The molecule has 1 heterocycles. The number of nitrogens with zero attached hydrogens (tertiary/aromatic N) is 2. The molecule has 0 saturated heterocycles. The van der Waals surface area contributed by atoms with Crippen molar-refractivity contribution in [1.29, 1.82) is 0 Å². The molecular formula is C16H22ClFN2. The van der Waals surface area contributed by atoms with Crippen LogP contribution in [0, 0.1) is 24.1 Å². The van der Waals surface area contributed by atoms with Gasteiger partial charge in [0.15, 0.2) is 0 Å². The van der Waals surface area contributed by atoms with Gasteiger partial charge in [0.1, 0.15) is 11.6 Å². The van der Waals surface area contributed by atoms with E-state index in [2.05, 4.69) is 37.2 Å². The molecule has 0 bridgehead atoms. The Morgan fingerprint density at radius 3 is 2.55 bits per heavy atom. The van der Waals surface area contributed by atoms with E-state index in [0.717, 1.165) is 17.9 Å². The zero-order chi connectivity index (χ0) is 15.1. The van der Waals surface area contributed by atoms with E-state index < -0.39 is 0 Å². The third-order valence-corrected chi connectivity index (χ3v) is 4.59. The number of hydrogen-bond acceptors (Lipinski definition) is 1. The van der Waals surface area contributed by atoms with Gasteiger partial charge in [0, 0.05) is 12.6 Å². The molecule has 110 valence electrons. The molecule has 4 heteroatoms. The topological polar surface area (TPSA) is 17.8 Å². The van der Waals surface area contributed by atoms with Crippen LogP contribution in [0.1, 0.15) is 39.1 Å². The molecule has 0 spiro atoms. The molecule has 2 aromatic rings. The molecule has 0 fully saturated rings. The summed E-state index contributed by atoms with van der Waals surface area (Å²) in [5.41, 5.74) is 2.41. The van der Waals surface area contributed by atoms with Gasteiger partial charge in [0.25, 0.3) is 0 Å². The van der Waals surface area contributed by atoms with Gasteiger partial charge in [-0.15, -0.1) is 11.6 Å². The Morgan fingerprint density at radius 1 is 1.35 bits per heavy atom. The molecule has 2 nitrogen and oxygen atoms in total. The van der Waals surface area contributed by atoms with Crippen LogP contribution in [-0.2, 0) is 12.4 Å². The number of aromatic nitrogens is 2. The largest absolute Gasteiger partial charge is 0.326 e. The Kier molecular flexibility index (Phi) is 4.10. The van der Waals surface area contributed by atoms with E-state index in [4.69, 9.17) is 11.6 Å². The van der Waals surface area contributed by atoms with E-state index in [1.807, 2.05) is 6.07 Å². The molecule has 0 amide bonds. The van der Waals surface area contributed by atoms with Gasteiger partial charge in [-0.1, -0.05) is 27.7 Å². The third-order valence-electron chi connectivity index (χ3n) is 4.36. The minimum Gasteiger partial charge on any atom is -0.326 e. The van der Waals surface area contributed by atoms with E-state index >= 15 is 0 Å². The Bertz CT molecular complexity index is 629. The molecule has 20 heavy (non-hydrogen) atoms. The second-order valence-corrected chi connectivity index (χ2v) is 6.75. The van der Waals surface area contributed by atoms with Gasteiger partial charge in [0.05, 0.1) is 16.9 Å². The second kappa shape index (κ2) is 5.36. The van der Waals surface area contributed by atoms with Crippen molar-refractivity contribution in [3.05, 3.63) is 29.3 Å². The van der Waals surface area contributed by atoms with Gasteiger partial charge in [0.2, 0.25) is 0 Å². The first kappa shape index (κ1) is 15.3. The van der Waals surface area contributed by atoms with Crippen molar-refractivity contribution >= 4 is 22.6 Å². The van der Waals surface area contributed by atoms with Gasteiger partial charge >= 0.3 is 0 Å². The average Bonchev–Trinajstić information content (AvgIpc) is 2.67. The summed E-state index contributed by atoms with van der Waals surface area (Å²) >= 11 is 6.01. The molecule has 1 aromatic heterocycles. The van der Waals surface area contributed by atoms with E-state index in [0.29, 0.717) is 22.9 Å². The minimum atomic E-state index is -0.216. The van der Waals surface area contributed by atoms with Crippen LogP contribution in [0.2, 0.25) is 0 Å². The molecule has 2 rings (SSSR count). The maximum atomic E-state index is 13.7. The SMILES string of the molecule is Cc1cc2c(cc1F)nc(CCl)n2CC(C)(C)C(C)C. The number of rotatable bonds is 4. The lowest BCUT2D eigenvalue weighted by atomic mass is 9.81. The Hall–Kier alpha value is -1.09. The van der Waals surface area contributed by atoms with Crippen molar-refractivity contribution in [2.24, 2.45) is 11.3 Å². The highest BCUT2D eigenvalue weighted by molar-refractivity contribution is 6.16. The quantitative estimate of drug-likeness (QED) is 0.733. The molecule has 0 saturated carbocycles. The highest BCUT2D eigenvalue weighted by Gasteiger charge is 2.25. The molecule has 0 aliphatic rings. The summed E-state index contributed by atoms with van der Waals surface area (Å²) < 4.78 is 15.8. The molecule has 0 aliphatic carbocycles. The van der Waals surface area contributed by atoms with Gasteiger partial charge in [-0.05, 0) is 29.9 Å². The van der Waals surface area contributed by atoms with Gasteiger partial charge in [-0.25, -0.2) is 9.37 Å². The summed E-state index contributed by atoms with van der Waals surface area (Å²) in [5, 5.41) is 0. The molecule has 0 unspecified atom stereocenters. The van der Waals surface area contributed by atoms with E-state index in [9.17, 15) is 4.39 Å². The Balaban J connectivity index is 2.59. The Labute approximate surface area is 125 Å². The Morgan fingerprint density at radius 2 is 2.00 bits per heavy atom. The van der Waals surface area contributed by atoms with Gasteiger partial charge < -0.3 is 4.57 Å². The number of benzene rings is 1. The first-order chi connectivity index (χ1) is 9.26. The van der Waals surface area contributed by atoms with Crippen molar-refractivity contribution in [2.45, 2.75) is 47.0 Å². The molecule has 0 radical (unpaired) electrons. The third kappa shape index (κ3) is 2.69. The summed E-state index contributed by atoms with van der Waals surface area (Å²) in [5.74, 6) is 1.46. The molecule has 0 aliphatic heterocycles. The van der Waals surface area contributed by atoms with Crippen LogP contribution >= 0.6 is 11.6 Å². The fourth-order valence-electron chi connectivity index (χ4n) is 2.17. The minimum absolute atomic E-state index is 0.122. The van der Waals surface area contributed by atoms with Crippen molar-refractivity contribution < 1.29 is 4.39 Å². The van der Waals surface area contributed by atoms with E-state index in [1.165, 1.54) is 6.07 Å². The van der Waals surface area contributed by atoms with Crippen LogP contribution in [0.4, 0.5) is 4.39 Å². The predicted octanol–water partition coefficient (Wildman–Crippen LogP) is 4.90. The fourth-order valence-corrected chi connectivity index (χ4v) is 2.37. The number of alkyl halides is 1. The second-order valence-electron chi connectivity index (χ2n) is 6.48. The number of aryl methyl sites for hydroxylation is 1. The highest BCUT2D eigenvalue weighted by atomic mass is 35.5. The average molecular weight is 297 g/mol. The summed E-state index contributed by atoms with van der Waals surface area (Å²) in [6.07, 6.45) is 0. The van der Waals surface area contributed by atoms with E-state index in [1.54, 1.807) is 6.92 Å². The van der Waals surface area contributed by atoms with Crippen LogP contribution in [0.5, 0.6) is 0 Å². The zero-order valence-corrected chi connectivity index (χ0v) is 13.6. The summed E-state index contributed by atoms with van der Waals surface area (Å²) in [6.45, 7) is 11.5. The molecule has 0 N–H and O–H groups in total. The van der Waals surface area contributed by atoms with Crippen molar-refractivity contribution in [3.8, 4) is 0 Å². The first-order valence-corrected chi connectivity index (χ1v) is 7.51. The lowest BCUT2D eigenvalue weighted by Crippen LogP contribution is -2.26. The monoisotopic (exact) mass is 296 g/mol. The summed E-state index contributed by atoms with van der Waals surface area (Å²) in [6, 6.07) is 3.36. The highest BCUT2D eigenvalue weighted by Crippen LogP contribution is 2.31. The van der Waals surface area contributed by atoms with E-state index in [-0.39, 0.29) is 11.2 Å². The molecular weight excluding hydrogens is 275 g/mol. The summed E-state index contributed by atoms with van der Waals surface area (Å²) in [4.78, 5) is 4.47. The fraction of sp³-hybridized carbons (Fsp3) is 0.562. The number of halogens is 2. The van der Waals surface area contributed by atoms with Crippen LogP contribution in [-0.4, -0.2) is 9.55 Å². The number of hydrogen-bond donors (Lipinski definition) is 0. The normalized spacial score (nSPS) is 12.6. The lowest BCUT2D eigenvalue weighted by Gasteiger charge is -2.30. The zero-order valence-electron chi connectivity index (χ0n) is 12.8. The van der Waals surface area contributed by atoms with Gasteiger partial charge in [-0.3, -0.25) is 0 Å². The standard InChI is InChI=1S/C16H22ClFN2/c1-10(2)16(4,5)9-20-14-6-11(3)12(18)7-13(14)19-15(20)8-17/h6-7,10H,8-9H2,1-5H3. The van der Waals surface area contributed by atoms with Crippen LogP contribution in [0.3, 0.4) is 0 Å². The number of fused-ring (bicyclic) bond motifs is 1. The maximum absolute atomic E-state index is 13.7. The lowest BCUT2D eigenvalue weighted by molar-refractivity contribution is 0.211. The molecule has 0 atom stereocenters. The maximum Gasteiger partial charge on any atom is 0.128 e. The first-order valence-electron chi connectivity index (χ1n) is 6.97. The predicted molar refractivity (Wildman–Crippen MR) is 82.6 cm³/mol. The van der Waals surface area contributed by atoms with Crippen LogP contribution in [0.25, 0.3) is 11.0 Å². The molecule has 1 aromatic carbocycles. The number of imidazole rings is 1. The van der Waals surface area contributed by atoms with Crippen LogP contribution in [0.15, 0.2) is 12.1 Å². The van der Waals surface area contributed by atoms with Crippen molar-refractivity contribution in [2.75, 3.05) is 0 Å². The smallest absolute Gasteiger partial charge is 0.128 e. The van der Waals surface area contributed by atoms with Gasteiger partial charge in [-0.2, -0.15) is 0 Å².